The summed E-state index contributed by atoms with van der Waals surface area (Å²) in [6, 6.07) is 12.4. The molecule has 0 radical (unpaired) electrons. The van der Waals surface area contributed by atoms with Gasteiger partial charge in [-0.05, 0) is 77.3 Å². The average molecular weight is 383 g/mol. The highest BCUT2D eigenvalue weighted by Gasteiger charge is 2.15. The van der Waals surface area contributed by atoms with E-state index in [2.05, 4.69) is 30.0 Å². The molecule has 124 valence electrons. The van der Waals surface area contributed by atoms with E-state index < -0.39 is 0 Å². The predicted molar refractivity (Wildman–Crippen MR) is 111 cm³/mol. The Balaban J connectivity index is 1.91. The molecule has 0 aromatic heterocycles. The zero-order valence-corrected chi connectivity index (χ0v) is 15.9. The lowest BCUT2D eigenvalue weighted by atomic mass is 9.93. The maximum absolute atomic E-state index is 6.47. The maximum Gasteiger partial charge on any atom is 0.0485 e. The number of fused-ring (bicyclic) bond motifs is 1. The van der Waals surface area contributed by atoms with Crippen molar-refractivity contribution in [1.29, 1.82) is 0 Å². The molecule has 0 fully saturated rings. The molecule has 0 amide bonds. The van der Waals surface area contributed by atoms with E-state index in [0.717, 1.165) is 16.7 Å². The highest BCUT2D eigenvalue weighted by atomic mass is 35.5. The molecule has 25 heavy (non-hydrogen) atoms. The summed E-state index contributed by atoms with van der Waals surface area (Å²) in [6.45, 7) is 0. The standard InChI is InChI=1S/C22H16Cl2S/c23-17-10-11-21(24)20(14-17)19-7-3-1-2-6-18(19)16-9-8-15-5-4-12-25-22(15)13-16/h1-2,6-11,13-14H,4-5,12H2. The van der Waals surface area contributed by atoms with E-state index in [1.54, 1.807) is 0 Å². The summed E-state index contributed by atoms with van der Waals surface area (Å²) in [5.74, 6) is 1.19. The summed E-state index contributed by atoms with van der Waals surface area (Å²) in [6.07, 6.45) is 10.5. The zero-order valence-electron chi connectivity index (χ0n) is 13.6. The molecule has 0 bridgehead atoms. The minimum Gasteiger partial charge on any atom is -0.126 e. The second-order valence-electron chi connectivity index (χ2n) is 6.06. The number of rotatable bonds is 2. The van der Waals surface area contributed by atoms with Gasteiger partial charge in [0.15, 0.2) is 0 Å². The SMILES string of the molecule is Clc1ccc(Cl)c(C2=C(c3ccc4c(c3)SCCC4)C=CC=C=C2)c1. The van der Waals surface area contributed by atoms with Crippen LogP contribution in [0.4, 0.5) is 0 Å². The normalized spacial score (nSPS) is 16.1. The third-order valence-corrected chi connectivity index (χ3v) is 6.17. The van der Waals surface area contributed by atoms with Crippen molar-refractivity contribution in [2.45, 2.75) is 17.7 Å². The van der Waals surface area contributed by atoms with Crippen LogP contribution >= 0.6 is 35.0 Å². The molecular weight excluding hydrogens is 367 g/mol. The fraction of sp³-hybridized carbons (Fsp3) is 0.136. The fourth-order valence-electron chi connectivity index (χ4n) is 3.19. The van der Waals surface area contributed by atoms with Crippen molar-refractivity contribution in [3.63, 3.8) is 0 Å². The number of hydrogen-bond donors (Lipinski definition) is 0. The molecule has 3 heteroatoms. The topological polar surface area (TPSA) is 0 Å². The van der Waals surface area contributed by atoms with Gasteiger partial charge in [-0.1, -0.05) is 47.5 Å². The lowest BCUT2D eigenvalue weighted by Crippen LogP contribution is -1.99. The highest BCUT2D eigenvalue weighted by molar-refractivity contribution is 7.99. The van der Waals surface area contributed by atoms with E-state index in [9.17, 15) is 0 Å². The molecule has 1 aliphatic carbocycles. The van der Waals surface area contributed by atoms with Crippen LogP contribution in [0.5, 0.6) is 0 Å². The Morgan fingerprint density at radius 3 is 2.84 bits per heavy atom. The van der Waals surface area contributed by atoms with Crippen molar-refractivity contribution in [1.82, 2.24) is 0 Å². The van der Waals surface area contributed by atoms with E-state index in [0.29, 0.717) is 10.0 Å². The Labute approximate surface area is 162 Å². The summed E-state index contributed by atoms with van der Waals surface area (Å²) in [4.78, 5) is 1.39. The number of thioether (sulfide) groups is 1. The molecule has 1 heterocycles. The maximum atomic E-state index is 6.47. The van der Waals surface area contributed by atoms with Crippen molar-refractivity contribution in [3.05, 3.63) is 93.2 Å². The molecule has 0 N–H and O–H groups in total. The smallest absolute Gasteiger partial charge is 0.0485 e. The van der Waals surface area contributed by atoms with Crippen LogP contribution < -0.4 is 0 Å². The first kappa shape index (κ1) is 16.8. The summed E-state index contributed by atoms with van der Waals surface area (Å²) in [5, 5.41) is 1.37. The highest BCUT2D eigenvalue weighted by Crippen LogP contribution is 2.38. The summed E-state index contributed by atoms with van der Waals surface area (Å²) >= 11 is 14.6. The average Bonchev–Trinajstić information content (AvgIpc) is 2.89. The van der Waals surface area contributed by atoms with Crippen LogP contribution in [-0.4, -0.2) is 5.75 Å². The minimum atomic E-state index is 0.679. The molecule has 1 aliphatic heterocycles. The largest absolute Gasteiger partial charge is 0.126 e. The lowest BCUT2D eigenvalue weighted by molar-refractivity contribution is 0.889. The van der Waals surface area contributed by atoms with Gasteiger partial charge in [-0.25, -0.2) is 0 Å². The van der Waals surface area contributed by atoms with Crippen molar-refractivity contribution in [3.8, 4) is 0 Å². The van der Waals surface area contributed by atoms with Crippen molar-refractivity contribution in [2.24, 2.45) is 0 Å². The fourth-order valence-corrected chi connectivity index (χ4v) is 4.65. The molecule has 0 saturated heterocycles. The molecule has 0 saturated carbocycles. The molecule has 0 nitrogen and oxygen atoms in total. The summed E-state index contributed by atoms with van der Waals surface area (Å²) in [5.41, 5.74) is 8.96. The van der Waals surface area contributed by atoms with Crippen LogP contribution in [0.15, 0.2) is 71.3 Å². The summed E-state index contributed by atoms with van der Waals surface area (Å²) < 4.78 is 0. The van der Waals surface area contributed by atoms with Gasteiger partial charge in [-0.15, -0.1) is 17.5 Å². The Morgan fingerprint density at radius 1 is 1.00 bits per heavy atom. The Bertz CT molecular complexity index is 960. The number of allylic oxidation sites excluding steroid dienone is 5. The Hall–Kier alpha value is -1.63. The first-order chi connectivity index (χ1) is 12.2. The Kier molecular flexibility index (Phi) is 4.92. The van der Waals surface area contributed by atoms with E-state index in [1.807, 2.05) is 48.2 Å². The van der Waals surface area contributed by atoms with Gasteiger partial charge in [0.2, 0.25) is 0 Å². The summed E-state index contributed by atoms with van der Waals surface area (Å²) in [7, 11) is 0. The van der Waals surface area contributed by atoms with Gasteiger partial charge in [0.1, 0.15) is 0 Å². The molecule has 0 unspecified atom stereocenters. The van der Waals surface area contributed by atoms with Gasteiger partial charge in [-0.3, -0.25) is 0 Å². The van der Waals surface area contributed by atoms with Gasteiger partial charge in [0.25, 0.3) is 0 Å². The number of benzene rings is 2. The van der Waals surface area contributed by atoms with Gasteiger partial charge in [-0.2, -0.15) is 0 Å². The van der Waals surface area contributed by atoms with Gasteiger partial charge >= 0.3 is 0 Å². The van der Waals surface area contributed by atoms with Crippen LogP contribution in [0.1, 0.15) is 23.1 Å². The van der Waals surface area contributed by atoms with Crippen LogP contribution in [0.25, 0.3) is 11.1 Å². The number of hydrogen-bond acceptors (Lipinski definition) is 1. The molecule has 2 aliphatic rings. The quantitative estimate of drug-likeness (QED) is 0.493. The van der Waals surface area contributed by atoms with Crippen molar-refractivity contribution < 1.29 is 0 Å². The van der Waals surface area contributed by atoms with E-state index in [1.165, 1.54) is 34.6 Å². The van der Waals surface area contributed by atoms with E-state index in [4.69, 9.17) is 23.2 Å². The van der Waals surface area contributed by atoms with Crippen LogP contribution in [0, 0.1) is 0 Å². The second-order valence-corrected chi connectivity index (χ2v) is 8.04. The third kappa shape index (κ3) is 3.52. The van der Waals surface area contributed by atoms with Crippen LogP contribution in [0.3, 0.4) is 0 Å². The monoisotopic (exact) mass is 382 g/mol. The van der Waals surface area contributed by atoms with Crippen molar-refractivity contribution in [2.75, 3.05) is 5.75 Å². The minimum absolute atomic E-state index is 0.679. The van der Waals surface area contributed by atoms with E-state index in [-0.39, 0.29) is 0 Å². The van der Waals surface area contributed by atoms with Crippen LogP contribution in [-0.2, 0) is 6.42 Å². The van der Waals surface area contributed by atoms with Gasteiger partial charge in [0, 0.05) is 20.5 Å². The first-order valence-electron chi connectivity index (χ1n) is 8.27. The second kappa shape index (κ2) is 7.32. The number of aryl methyl sites for hydroxylation is 1. The predicted octanol–water partition coefficient (Wildman–Crippen LogP) is 7.22. The molecule has 4 rings (SSSR count). The molecule has 0 spiro atoms. The molecule has 2 aromatic carbocycles. The van der Waals surface area contributed by atoms with E-state index >= 15 is 0 Å². The zero-order chi connectivity index (χ0) is 17.2. The third-order valence-electron chi connectivity index (χ3n) is 4.42. The van der Waals surface area contributed by atoms with Crippen molar-refractivity contribution >= 4 is 46.1 Å². The Morgan fingerprint density at radius 2 is 1.92 bits per heavy atom. The van der Waals surface area contributed by atoms with Gasteiger partial charge < -0.3 is 0 Å². The number of halogens is 2. The lowest BCUT2D eigenvalue weighted by Gasteiger charge is -2.18. The molecule has 0 atom stereocenters. The molecular formula is C22H16Cl2S. The van der Waals surface area contributed by atoms with Crippen LogP contribution in [0.2, 0.25) is 10.0 Å². The first-order valence-corrected chi connectivity index (χ1v) is 10.0. The van der Waals surface area contributed by atoms with Gasteiger partial charge in [0.05, 0.1) is 0 Å². The molecule has 2 aromatic rings.